The summed E-state index contributed by atoms with van der Waals surface area (Å²) in [5.74, 6) is 0.216. The molecule has 2 aliphatic rings. The van der Waals surface area contributed by atoms with Crippen molar-refractivity contribution in [2.75, 3.05) is 32.7 Å². The van der Waals surface area contributed by atoms with Gasteiger partial charge in [-0.3, -0.25) is 14.5 Å². The molecule has 0 bridgehead atoms. The van der Waals surface area contributed by atoms with E-state index < -0.39 is 0 Å². The predicted molar refractivity (Wildman–Crippen MR) is 155 cm³/mol. The summed E-state index contributed by atoms with van der Waals surface area (Å²) in [5, 5.41) is 2.18. The highest BCUT2D eigenvalue weighted by atomic mass is 32.1. The highest BCUT2D eigenvalue weighted by Crippen LogP contribution is 2.38. The average molecular weight is 530 g/mol. The Labute approximate surface area is 231 Å². The second-order valence-corrected chi connectivity index (χ2v) is 11.8. The Bertz CT molecular complexity index is 1270. The summed E-state index contributed by atoms with van der Waals surface area (Å²) >= 11 is 1.82. The van der Waals surface area contributed by atoms with Gasteiger partial charge < -0.3 is 9.80 Å². The monoisotopic (exact) mass is 529 g/mol. The molecule has 0 spiro atoms. The van der Waals surface area contributed by atoms with Crippen LogP contribution in [0.1, 0.15) is 70.2 Å². The number of hydrogen-bond donors (Lipinski definition) is 0. The van der Waals surface area contributed by atoms with Gasteiger partial charge in [-0.15, -0.1) is 11.3 Å². The Morgan fingerprint density at radius 1 is 0.974 bits per heavy atom. The minimum Gasteiger partial charge on any atom is -0.338 e. The number of rotatable bonds is 7. The number of carbonyl (C=O) groups is 2. The van der Waals surface area contributed by atoms with Gasteiger partial charge in [-0.25, -0.2) is 0 Å². The van der Waals surface area contributed by atoms with Crippen LogP contribution in [-0.4, -0.2) is 65.3 Å². The summed E-state index contributed by atoms with van der Waals surface area (Å²) in [6, 6.07) is 18.9. The number of hydrogen-bond acceptors (Lipinski definition) is 4. The van der Waals surface area contributed by atoms with Crippen molar-refractivity contribution in [1.29, 1.82) is 0 Å². The van der Waals surface area contributed by atoms with Crippen molar-refractivity contribution in [1.82, 2.24) is 14.7 Å². The maximum atomic E-state index is 13.6. The van der Waals surface area contributed by atoms with E-state index >= 15 is 0 Å². The maximum Gasteiger partial charge on any atom is 0.254 e. The smallest absolute Gasteiger partial charge is 0.254 e. The molecule has 0 radical (unpaired) electrons. The van der Waals surface area contributed by atoms with Crippen LogP contribution in [-0.2, 0) is 17.6 Å². The number of fused-ring (bicyclic) bond motifs is 1. The van der Waals surface area contributed by atoms with Crippen molar-refractivity contribution in [2.45, 2.75) is 58.5 Å². The van der Waals surface area contributed by atoms with Crippen molar-refractivity contribution in [3.8, 4) is 0 Å². The molecule has 5 rings (SSSR count). The standard InChI is InChI=1S/C32H39N3O2S/c1-4-5-9-25-11-13-26(14-12-25)32(37)35-19-18-33(21-24(35)3)30(36)22-34-17-15-29-28(16-20-38-29)31(34)27-10-7-6-8-23(27)2/h6-8,10-14,16,20,24,31H,4-5,9,15,17-19,21-22H2,1-3H3. The van der Waals surface area contributed by atoms with Crippen molar-refractivity contribution < 1.29 is 9.59 Å². The molecule has 2 unspecified atom stereocenters. The van der Waals surface area contributed by atoms with Gasteiger partial charge in [0.25, 0.3) is 5.91 Å². The van der Waals surface area contributed by atoms with Gasteiger partial charge in [-0.2, -0.15) is 0 Å². The second-order valence-electron chi connectivity index (χ2n) is 10.8. The lowest BCUT2D eigenvalue weighted by Gasteiger charge is -2.42. The van der Waals surface area contributed by atoms with Gasteiger partial charge in [-0.1, -0.05) is 49.7 Å². The van der Waals surface area contributed by atoms with Crippen LogP contribution < -0.4 is 0 Å². The maximum absolute atomic E-state index is 13.6. The number of unbranched alkanes of at least 4 members (excludes halogenated alkanes) is 1. The summed E-state index contributed by atoms with van der Waals surface area (Å²) < 4.78 is 0. The third-order valence-electron chi connectivity index (χ3n) is 8.15. The minimum atomic E-state index is -0.0167. The number of amides is 2. The summed E-state index contributed by atoms with van der Waals surface area (Å²) in [4.78, 5) is 34.5. The Kier molecular flexibility index (Phi) is 8.29. The molecule has 2 aliphatic heterocycles. The fourth-order valence-corrected chi connectivity index (χ4v) is 6.82. The molecule has 1 fully saturated rings. The van der Waals surface area contributed by atoms with Crippen molar-refractivity contribution in [2.24, 2.45) is 0 Å². The lowest BCUT2D eigenvalue weighted by molar-refractivity contribution is -0.135. The Morgan fingerprint density at radius 3 is 2.50 bits per heavy atom. The molecule has 0 N–H and O–H groups in total. The van der Waals surface area contributed by atoms with Crippen LogP contribution in [0.15, 0.2) is 60.0 Å². The summed E-state index contributed by atoms with van der Waals surface area (Å²) in [5.41, 5.74) is 5.89. The molecule has 5 nitrogen and oxygen atoms in total. The molecule has 200 valence electrons. The van der Waals surface area contributed by atoms with E-state index in [-0.39, 0.29) is 23.9 Å². The van der Waals surface area contributed by atoms with Crippen LogP contribution in [0.2, 0.25) is 0 Å². The fourth-order valence-electron chi connectivity index (χ4n) is 5.92. The largest absolute Gasteiger partial charge is 0.338 e. The van der Waals surface area contributed by atoms with E-state index in [4.69, 9.17) is 0 Å². The molecular weight excluding hydrogens is 490 g/mol. The van der Waals surface area contributed by atoms with Crippen LogP contribution in [0.4, 0.5) is 0 Å². The molecule has 2 aromatic carbocycles. The van der Waals surface area contributed by atoms with Crippen LogP contribution in [0.3, 0.4) is 0 Å². The first-order valence-corrected chi connectivity index (χ1v) is 14.9. The number of benzene rings is 2. The first-order valence-electron chi connectivity index (χ1n) is 14.0. The highest BCUT2D eigenvalue weighted by Gasteiger charge is 2.35. The van der Waals surface area contributed by atoms with Gasteiger partial charge in [0.15, 0.2) is 0 Å². The summed E-state index contributed by atoms with van der Waals surface area (Å²) in [7, 11) is 0. The van der Waals surface area contributed by atoms with Gasteiger partial charge >= 0.3 is 0 Å². The second kappa shape index (κ2) is 11.8. The topological polar surface area (TPSA) is 43.9 Å². The highest BCUT2D eigenvalue weighted by molar-refractivity contribution is 7.10. The molecule has 6 heteroatoms. The molecule has 2 amide bonds. The summed E-state index contributed by atoms with van der Waals surface area (Å²) in [6.45, 7) is 9.40. The zero-order chi connectivity index (χ0) is 26.6. The quantitative estimate of drug-likeness (QED) is 0.393. The lowest BCUT2D eigenvalue weighted by Crippen LogP contribution is -2.57. The fraction of sp³-hybridized carbons (Fsp3) is 0.438. The molecule has 0 saturated carbocycles. The van der Waals surface area contributed by atoms with Crippen LogP contribution in [0, 0.1) is 6.92 Å². The molecule has 3 aromatic rings. The summed E-state index contributed by atoms with van der Waals surface area (Å²) in [6.07, 6.45) is 4.37. The van der Waals surface area contributed by atoms with Crippen LogP contribution in [0.25, 0.3) is 0 Å². The van der Waals surface area contributed by atoms with Gasteiger partial charge in [-0.05, 0) is 78.9 Å². The van der Waals surface area contributed by atoms with Gasteiger partial charge in [0.1, 0.15) is 0 Å². The number of thiophene rings is 1. The normalized spacial score (nSPS) is 19.9. The Morgan fingerprint density at radius 2 is 1.76 bits per heavy atom. The minimum absolute atomic E-state index is 0.0167. The molecular formula is C32H39N3O2S. The van der Waals surface area contributed by atoms with E-state index in [1.165, 1.54) is 33.6 Å². The SMILES string of the molecule is CCCCc1ccc(C(=O)N2CCN(C(=O)CN3CCc4sccc4C3c3ccccc3C)CC2C)cc1. The molecule has 38 heavy (non-hydrogen) atoms. The Hall–Kier alpha value is -2.96. The molecule has 0 aliphatic carbocycles. The van der Waals surface area contributed by atoms with E-state index in [1.807, 2.05) is 33.3 Å². The van der Waals surface area contributed by atoms with E-state index in [9.17, 15) is 9.59 Å². The zero-order valence-corrected chi connectivity index (χ0v) is 23.7. The third kappa shape index (κ3) is 5.57. The molecule has 3 heterocycles. The van der Waals surface area contributed by atoms with E-state index in [2.05, 4.69) is 73.5 Å². The Balaban J connectivity index is 1.24. The first kappa shape index (κ1) is 26.6. The van der Waals surface area contributed by atoms with E-state index in [0.29, 0.717) is 26.2 Å². The number of carbonyl (C=O) groups excluding carboxylic acids is 2. The van der Waals surface area contributed by atoms with Crippen molar-refractivity contribution >= 4 is 23.2 Å². The molecule has 1 aromatic heterocycles. The van der Waals surface area contributed by atoms with Crippen LogP contribution >= 0.6 is 11.3 Å². The van der Waals surface area contributed by atoms with Gasteiger partial charge in [0, 0.05) is 42.7 Å². The first-order chi connectivity index (χ1) is 18.5. The number of aryl methyl sites for hydroxylation is 2. The number of nitrogens with zero attached hydrogens (tertiary/aromatic N) is 3. The molecule has 2 atom stereocenters. The zero-order valence-electron chi connectivity index (χ0n) is 22.9. The predicted octanol–water partition coefficient (Wildman–Crippen LogP) is 5.72. The molecule has 1 saturated heterocycles. The van der Waals surface area contributed by atoms with Gasteiger partial charge in [0.2, 0.25) is 5.91 Å². The van der Waals surface area contributed by atoms with Crippen LogP contribution in [0.5, 0.6) is 0 Å². The number of piperazine rings is 1. The lowest BCUT2D eigenvalue weighted by atomic mass is 9.90. The van der Waals surface area contributed by atoms with Crippen molar-refractivity contribution in [3.63, 3.8) is 0 Å². The van der Waals surface area contributed by atoms with E-state index in [1.54, 1.807) is 0 Å². The van der Waals surface area contributed by atoms with E-state index in [0.717, 1.165) is 31.4 Å². The van der Waals surface area contributed by atoms with Crippen molar-refractivity contribution in [3.05, 3.63) is 92.7 Å². The average Bonchev–Trinajstić information content (AvgIpc) is 3.41. The third-order valence-corrected chi connectivity index (χ3v) is 9.14. The van der Waals surface area contributed by atoms with Gasteiger partial charge in [0.05, 0.1) is 12.6 Å².